The second-order valence-corrected chi connectivity index (χ2v) is 10.3. The quantitative estimate of drug-likeness (QED) is 0.123. The van der Waals surface area contributed by atoms with E-state index < -0.39 is 0 Å². The Hall–Kier alpha value is -3.90. The Bertz CT molecular complexity index is 1220. The highest BCUT2D eigenvalue weighted by Gasteiger charge is 2.10. The number of benzene rings is 3. The van der Waals surface area contributed by atoms with Crippen LogP contribution in [0.25, 0.3) is 6.08 Å². The number of hydrogen-bond donors (Lipinski definition) is 1. The van der Waals surface area contributed by atoms with Crippen molar-refractivity contribution < 1.29 is 23.8 Å². The van der Waals surface area contributed by atoms with Crippen LogP contribution in [0.1, 0.15) is 66.1 Å². The maximum Gasteiger partial charge on any atom is 0.337 e. The molecule has 0 saturated carbocycles. The molecule has 0 bridgehead atoms. The van der Waals surface area contributed by atoms with Crippen molar-refractivity contribution in [2.24, 2.45) is 5.92 Å². The second kappa shape index (κ2) is 19.3. The van der Waals surface area contributed by atoms with E-state index in [0.29, 0.717) is 31.7 Å². The number of carbonyl (C=O) groups excluding carboxylic acids is 2. The fourth-order valence-corrected chi connectivity index (χ4v) is 4.72. The van der Waals surface area contributed by atoms with Crippen LogP contribution in [0.5, 0.6) is 5.75 Å². The largest absolute Gasteiger partial charge is 0.493 e. The molecule has 3 rings (SSSR count). The van der Waals surface area contributed by atoms with Crippen LogP contribution in [-0.2, 0) is 27.1 Å². The van der Waals surface area contributed by atoms with E-state index in [1.165, 1.54) is 12.7 Å². The first kappa shape index (κ1) is 32.6. The lowest BCUT2D eigenvalue weighted by atomic mass is 9.94. The van der Waals surface area contributed by atoms with Gasteiger partial charge in [0, 0.05) is 12.1 Å². The molecule has 1 N–H and O–H groups in total. The molecule has 224 valence electrons. The normalized spacial score (nSPS) is 11.8. The van der Waals surface area contributed by atoms with Crippen LogP contribution in [-0.4, -0.2) is 45.4 Å². The lowest BCUT2D eigenvalue weighted by molar-refractivity contribution is -0.142. The van der Waals surface area contributed by atoms with Crippen LogP contribution >= 0.6 is 0 Å². The standard InChI is InChI=1S/C36H45NO5/c1-3-41-35(38)24-26-37-25-23-31(28-30-18-21-33(22-19-30)36(39)40-2)17-20-32-15-9-10-16-34(32)42-27-11-5-8-14-29-12-6-4-7-13-29/h4,6-7,9-10,12-13,15-22,31,37H,3,5,8,11,14,23-28H2,1-2H3/b20-17+. The summed E-state index contributed by atoms with van der Waals surface area (Å²) >= 11 is 0. The van der Waals surface area contributed by atoms with Gasteiger partial charge in [-0.1, -0.05) is 72.8 Å². The van der Waals surface area contributed by atoms with Crippen LogP contribution in [0.3, 0.4) is 0 Å². The first-order valence-corrected chi connectivity index (χ1v) is 15.1. The van der Waals surface area contributed by atoms with Crippen LogP contribution in [0.2, 0.25) is 0 Å². The summed E-state index contributed by atoms with van der Waals surface area (Å²) in [6.45, 7) is 4.28. The van der Waals surface area contributed by atoms with Gasteiger partial charge in [0.05, 0.1) is 32.3 Å². The maximum atomic E-state index is 11.8. The molecule has 3 aromatic rings. The molecule has 1 atom stereocenters. The molecule has 0 aromatic heterocycles. The molecule has 42 heavy (non-hydrogen) atoms. The number of para-hydroxylation sites is 1. The summed E-state index contributed by atoms with van der Waals surface area (Å²) in [6, 6.07) is 26.3. The van der Waals surface area contributed by atoms with Gasteiger partial charge < -0.3 is 19.5 Å². The minimum Gasteiger partial charge on any atom is -0.493 e. The highest BCUT2D eigenvalue weighted by molar-refractivity contribution is 5.89. The Morgan fingerprint density at radius 1 is 0.857 bits per heavy atom. The molecule has 0 spiro atoms. The number of hydrogen-bond acceptors (Lipinski definition) is 6. The van der Waals surface area contributed by atoms with Crippen molar-refractivity contribution in [3.63, 3.8) is 0 Å². The van der Waals surface area contributed by atoms with Crippen molar-refractivity contribution in [1.29, 1.82) is 0 Å². The molecule has 3 aromatic carbocycles. The molecule has 1 unspecified atom stereocenters. The fraction of sp³-hybridized carbons (Fsp3) is 0.389. The smallest absolute Gasteiger partial charge is 0.337 e. The molecule has 0 aliphatic heterocycles. The van der Waals surface area contributed by atoms with Gasteiger partial charge in [-0.2, -0.15) is 0 Å². The molecule has 0 saturated heterocycles. The van der Waals surface area contributed by atoms with E-state index >= 15 is 0 Å². The van der Waals surface area contributed by atoms with Crippen LogP contribution in [0, 0.1) is 5.92 Å². The Kier molecular flexibility index (Phi) is 15.0. The van der Waals surface area contributed by atoms with Gasteiger partial charge in [-0.15, -0.1) is 0 Å². The number of ether oxygens (including phenoxy) is 3. The van der Waals surface area contributed by atoms with Gasteiger partial charge in [0.2, 0.25) is 0 Å². The van der Waals surface area contributed by atoms with Gasteiger partial charge >= 0.3 is 11.9 Å². The Morgan fingerprint density at radius 2 is 1.62 bits per heavy atom. The monoisotopic (exact) mass is 571 g/mol. The highest BCUT2D eigenvalue weighted by Crippen LogP contribution is 2.23. The van der Waals surface area contributed by atoms with Gasteiger partial charge in [-0.25, -0.2) is 4.79 Å². The van der Waals surface area contributed by atoms with E-state index in [1.807, 2.05) is 49.4 Å². The number of carbonyl (C=O) groups is 2. The summed E-state index contributed by atoms with van der Waals surface area (Å²) < 4.78 is 16.0. The Labute approximate surface area is 251 Å². The fourth-order valence-electron chi connectivity index (χ4n) is 4.72. The maximum absolute atomic E-state index is 11.8. The van der Waals surface area contributed by atoms with Crippen molar-refractivity contribution in [3.05, 3.63) is 107 Å². The summed E-state index contributed by atoms with van der Waals surface area (Å²) in [6.07, 6.45) is 10.9. The first-order valence-electron chi connectivity index (χ1n) is 15.1. The summed E-state index contributed by atoms with van der Waals surface area (Å²) in [7, 11) is 1.39. The zero-order valence-electron chi connectivity index (χ0n) is 25.1. The lowest BCUT2D eigenvalue weighted by Gasteiger charge is -2.15. The van der Waals surface area contributed by atoms with Crippen molar-refractivity contribution >= 4 is 18.0 Å². The van der Waals surface area contributed by atoms with Crippen molar-refractivity contribution in [2.75, 3.05) is 33.4 Å². The van der Waals surface area contributed by atoms with E-state index in [-0.39, 0.29) is 17.9 Å². The van der Waals surface area contributed by atoms with Crippen molar-refractivity contribution in [2.45, 2.75) is 51.9 Å². The average molecular weight is 572 g/mol. The van der Waals surface area contributed by atoms with E-state index in [4.69, 9.17) is 14.2 Å². The minimum atomic E-state index is -0.336. The van der Waals surface area contributed by atoms with E-state index in [2.05, 4.69) is 53.9 Å². The van der Waals surface area contributed by atoms with Crippen molar-refractivity contribution in [3.8, 4) is 5.75 Å². The average Bonchev–Trinajstić information content (AvgIpc) is 3.02. The van der Waals surface area contributed by atoms with Crippen molar-refractivity contribution in [1.82, 2.24) is 5.32 Å². The number of allylic oxidation sites excluding steroid dienone is 1. The number of nitrogens with one attached hydrogen (secondary N) is 1. The Morgan fingerprint density at radius 3 is 2.38 bits per heavy atom. The number of unbranched alkanes of at least 4 members (excludes halogenated alkanes) is 2. The predicted molar refractivity (Wildman–Crippen MR) is 169 cm³/mol. The predicted octanol–water partition coefficient (Wildman–Crippen LogP) is 7.07. The van der Waals surface area contributed by atoms with Gasteiger partial charge in [0.25, 0.3) is 0 Å². The molecule has 0 heterocycles. The molecular weight excluding hydrogens is 526 g/mol. The van der Waals surface area contributed by atoms with E-state index in [1.54, 1.807) is 0 Å². The molecule has 0 aliphatic carbocycles. The topological polar surface area (TPSA) is 73.9 Å². The van der Waals surface area contributed by atoms with E-state index in [9.17, 15) is 9.59 Å². The first-order chi connectivity index (χ1) is 20.6. The molecule has 0 radical (unpaired) electrons. The third-order valence-corrected chi connectivity index (χ3v) is 7.05. The zero-order valence-corrected chi connectivity index (χ0v) is 25.1. The molecule has 0 aliphatic rings. The van der Waals surface area contributed by atoms with Crippen LogP contribution in [0.15, 0.2) is 84.9 Å². The molecule has 0 amide bonds. The van der Waals surface area contributed by atoms with Gasteiger partial charge in [0.1, 0.15) is 5.75 Å². The number of rotatable bonds is 19. The molecule has 6 nitrogen and oxygen atoms in total. The summed E-state index contributed by atoms with van der Waals surface area (Å²) in [5, 5.41) is 3.37. The second-order valence-electron chi connectivity index (χ2n) is 10.3. The Balaban J connectivity index is 1.55. The number of methoxy groups -OCH3 is 1. The summed E-state index contributed by atoms with van der Waals surface area (Å²) in [4.78, 5) is 23.5. The van der Waals surface area contributed by atoms with E-state index in [0.717, 1.165) is 61.9 Å². The summed E-state index contributed by atoms with van der Waals surface area (Å²) in [5.41, 5.74) is 4.13. The number of aryl methyl sites for hydroxylation is 1. The summed E-state index contributed by atoms with van der Waals surface area (Å²) in [5.74, 6) is 0.622. The third kappa shape index (κ3) is 12.3. The van der Waals surface area contributed by atoms with Crippen LogP contribution < -0.4 is 10.1 Å². The highest BCUT2D eigenvalue weighted by atomic mass is 16.5. The third-order valence-electron chi connectivity index (χ3n) is 7.05. The SMILES string of the molecule is CCOC(=O)CCNCCC(/C=C/c1ccccc1OCCCCCc1ccccc1)Cc1ccc(C(=O)OC)cc1. The van der Waals surface area contributed by atoms with Crippen LogP contribution in [0.4, 0.5) is 0 Å². The lowest BCUT2D eigenvalue weighted by Crippen LogP contribution is -2.22. The minimum absolute atomic E-state index is 0.181. The van der Waals surface area contributed by atoms with Gasteiger partial charge in [-0.3, -0.25) is 4.79 Å². The zero-order chi connectivity index (χ0) is 29.8. The van der Waals surface area contributed by atoms with Gasteiger partial charge in [-0.05, 0) is 87.2 Å². The molecule has 6 heteroatoms. The number of esters is 2. The molecular formula is C36H45NO5. The molecule has 0 fully saturated rings. The van der Waals surface area contributed by atoms with Gasteiger partial charge in [0.15, 0.2) is 0 Å².